The summed E-state index contributed by atoms with van der Waals surface area (Å²) in [5, 5.41) is 1.60. The number of furan rings is 1. The van der Waals surface area contributed by atoms with Gasteiger partial charge < -0.3 is 9.32 Å². The predicted octanol–water partition coefficient (Wildman–Crippen LogP) is 4.18. The number of pyridine rings is 1. The van der Waals surface area contributed by atoms with Gasteiger partial charge in [0.25, 0.3) is 0 Å². The Kier molecular flexibility index (Phi) is 3.57. The summed E-state index contributed by atoms with van der Waals surface area (Å²) in [6.07, 6.45) is 3.84. The van der Waals surface area contributed by atoms with Crippen LogP contribution in [0.2, 0.25) is 5.02 Å². The molecule has 24 heavy (non-hydrogen) atoms. The maximum Gasteiger partial charge on any atom is 0.227 e. The van der Waals surface area contributed by atoms with Crippen LogP contribution in [0.3, 0.4) is 0 Å². The van der Waals surface area contributed by atoms with Crippen LogP contribution in [0.25, 0.3) is 11.0 Å². The molecule has 2 aromatic heterocycles. The minimum atomic E-state index is 0.0863. The van der Waals surface area contributed by atoms with Gasteiger partial charge in [-0.25, -0.2) is 0 Å². The number of aryl methyl sites for hydroxylation is 2. The van der Waals surface area contributed by atoms with Gasteiger partial charge in [-0.3, -0.25) is 9.78 Å². The molecule has 0 radical (unpaired) electrons. The molecule has 0 fully saturated rings. The second-order valence-corrected chi connectivity index (χ2v) is 6.79. The molecular formula is C19H17ClN2O2. The molecule has 5 heteroatoms. The van der Waals surface area contributed by atoms with Gasteiger partial charge in [-0.05, 0) is 48.7 Å². The van der Waals surface area contributed by atoms with E-state index in [9.17, 15) is 4.79 Å². The quantitative estimate of drug-likeness (QED) is 0.703. The van der Waals surface area contributed by atoms with Crippen molar-refractivity contribution in [3.63, 3.8) is 0 Å². The topological polar surface area (TPSA) is 46.3 Å². The van der Waals surface area contributed by atoms with Crippen molar-refractivity contribution in [2.75, 3.05) is 0 Å². The third kappa shape index (κ3) is 2.57. The number of nitrogens with zero attached hydrogens (tertiary/aromatic N) is 2. The number of hydrogen-bond donors (Lipinski definition) is 0. The van der Waals surface area contributed by atoms with Crippen molar-refractivity contribution in [3.8, 4) is 0 Å². The van der Waals surface area contributed by atoms with Crippen molar-refractivity contribution < 1.29 is 9.21 Å². The largest absolute Gasteiger partial charge is 0.464 e. The van der Waals surface area contributed by atoms with Crippen molar-refractivity contribution >= 4 is 28.5 Å². The van der Waals surface area contributed by atoms with Crippen LogP contribution < -0.4 is 0 Å². The van der Waals surface area contributed by atoms with Gasteiger partial charge in [-0.15, -0.1) is 0 Å². The molecule has 1 amide bonds. The Balaban J connectivity index is 1.56. The molecule has 0 spiro atoms. The smallest absolute Gasteiger partial charge is 0.227 e. The monoisotopic (exact) mass is 340 g/mol. The van der Waals surface area contributed by atoms with E-state index in [1.807, 2.05) is 37.1 Å². The average molecular weight is 341 g/mol. The standard InChI is InChI=1S/C19H17ClN2O2/c1-11-3-18-16(6-17(11)20)14(10-24-18)5-19(23)22-8-13-4-12(2)21-7-15(13)9-22/h3-4,6-7,10H,5,8-9H2,1-2H3. The summed E-state index contributed by atoms with van der Waals surface area (Å²) in [4.78, 5) is 18.9. The van der Waals surface area contributed by atoms with Crippen molar-refractivity contribution in [1.29, 1.82) is 0 Å². The van der Waals surface area contributed by atoms with E-state index in [1.54, 1.807) is 6.26 Å². The molecule has 4 nitrogen and oxygen atoms in total. The zero-order valence-electron chi connectivity index (χ0n) is 13.6. The summed E-state index contributed by atoms with van der Waals surface area (Å²) in [7, 11) is 0. The Labute approximate surface area is 145 Å². The second kappa shape index (κ2) is 5.64. The molecule has 4 rings (SSSR count). The number of hydrogen-bond acceptors (Lipinski definition) is 3. The molecule has 0 aliphatic carbocycles. The van der Waals surface area contributed by atoms with Crippen LogP contribution >= 0.6 is 11.6 Å². The van der Waals surface area contributed by atoms with E-state index in [0.29, 0.717) is 24.5 Å². The van der Waals surface area contributed by atoms with Gasteiger partial charge in [0.15, 0.2) is 0 Å². The number of carbonyl (C=O) groups is 1. The summed E-state index contributed by atoms with van der Waals surface area (Å²) in [6.45, 7) is 5.17. The minimum Gasteiger partial charge on any atom is -0.464 e. The first kappa shape index (κ1) is 15.2. The van der Waals surface area contributed by atoms with Crippen LogP contribution in [-0.4, -0.2) is 15.8 Å². The van der Waals surface area contributed by atoms with Crippen molar-refractivity contribution in [3.05, 3.63) is 63.6 Å². The predicted molar refractivity (Wildman–Crippen MR) is 92.9 cm³/mol. The lowest BCUT2D eigenvalue weighted by molar-refractivity contribution is -0.131. The summed E-state index contributed by atoms with van der Waals surface area (Å²) < 4.78 is 5.59. The number of benzene rings is 1. The van der Waals surface area contributed by atoms with Gasteiger partial charge in [0.1, 0.15) is 5.58 Å². The Bertz CT molecular complexity index is 961. The summed E-state index contributed by atoms with van der Waals surface area (Å²) >= 11 is 6.21. The highest BCUT2D eigenvalue weighted by molar-refractivity contribution is 6.32. The third-order valence-corrected chi connectivity index (χ3v) is 4.98. The van der Waals surface area contributed by atoms with Gasteiger partial charge in [0.05, 0.1) is 12.7 Å². The van der Waals surface area contributed by atoms with E-state index >= 15 is 0 Å². The van der Waals surface area contributed by atoms with Crippen LogP contribution in [0, 0.1) is 13.8 Å². The fraction of sp³-hybridized carbons (Fsp3) is 0.263. The number of carbonyl (C=O) groups excluding carboxylic acids is 1. The Hall–Kier alpha value is -2.33. The van der Waals surface area contributed by atoms with Crippen molar-refractivity contribution in [2.45, 2.75) is 33.4 Å². The minimum absolute atomic E-state index is 0.0863. The molecule has 122 valence electrons. The molecule has 1 aliphatic rings. The highest BCUT2D eigenvalue weighted by Crippen LogP contribution is 2.29. The van der Waals surface area contributed by atoms with Crippen molar-refractivity contribution in [2.24, 2.45) is 0 Å². The molecule has 0 bridgehead atoms. The highest BCUT2D eigenvalue weighted by atomic mass is 35.5. The van der Waals surface area contributed by atoms with Crippen LogP contribution in [0.4, 0.5) is 0 Å². The third-order valence-electron chi connectivity index (χ3n) is 4.57. The summed E-state index contributed by atoms with van der Waals surface area (Å²) in [5.74, 6) is 0.0863. The van der Waals surface area contributed by atoms with E-state index in [1.165, 1.54) is 5.56 Å². The number of aromatic nitrogens is 1. The van der Waals surface area contributed by atoms with Crippen LogP contribution in [0.1, 0.15) is 27.9 Å². The number of halogens is 1. The Morgan fingerprint density at radius 3 is 2.88 bits per heavy atom. The fourth-order valence-electron chi connectivity index (χ4n) is 3.19. The molecule has 1 aromatic carbocycles. The number of amides is 1. The van der Waals surface area contributed by atoms with E-state index in [2.05, 4.69) is 11.1 Å². The molecule has 0 atom stereocenters. The second-order valence-electron chi connectivity index (χ2n) is 6.38. The normalized spacial score (nSPS) is 13.5. The van der Waals surface area contributed by atoms with E-state index in [0.717, 1.165) is 33.4 Å². The molecule has 0 saturated heterocycles. The van der Waals surface area contributed by atoms with Crippen LogP contribution in [-0.2, 0) is 24.3 Å². The molecule has 3 aromatic rings. The fourth-order valence-corrected chi connectivity index (χ4v) is 3.35. The summed E-state index contributed by atoms with van der Waals surface area (Å²) in [6, 6.07) is 5.84. The number of fused-ring (bicyclic) bond motifs is 2. The molecule has 0 N–H and O–H groups in total. The Morgan fingerprint density at radius 2 is 2.04 bits per heavy atom. The SMILES string of the molecule is Cc1cc2c(cn1)CN(C(=O)Cc1coc3cc(C)c(Cl)cc13)C2. The van der Waals surface area contributed by atoms with Gasteiger partial charge in [0.2, 0.25) is 5.91 Å². The molecule has 0 saturated carbocycles. The Morgan fingerprint density at radius 1 is 1.25 bits per heavy atom. The lowest BCUT2D eigenvalue weighted by Gasteiger charge is -2.14. The first-order chi connectivity index (χ1) is 11.5. The van der Waals surface area contributed by atoms with Gasteiger partial charge >= 0.3 is 0 Å². The zero-order valence-corrected chi connectivity index (χ0v) is 14.4. The molecular weight excluding hydrogens is 324 g/mol. The molecule has 1 aliphatic heterocycles. The van der Waals surface area contributed by atoms with E-state index < -0.39 is 0 Å². The van der Waals surface area contributed by atoms with Crippen LogP contribution in [0.5, 0.6) is 0 Å². The maximum absolute atomic E-state index is 12.7. The first-order valence-electron chi connectivity index (χ1n) is 7.89. The van der Waals surface area contributed by atoms with Crippen LogP contribution in [0.15, 0.2) is 35.1 Å². The molecule has 0 unspecified atom stereocenters. The first-order valence-corrected chi connectivity index (χ1v) is 8.27. The lowest BCUT2D eigenvalue weighted by atomic mass is 10.1. The van der Waals surface area contributed by atoms with E-state index in [4.69, 9.17) is 16.0 Å². The summed E-state index contributed by atoms with van der Waals surface area (Å²) in [5.41, 5.74) is 5.91. The van der Waals surface area contributed by atoms with Gasteiger partial charge in [-0.1, -0.05) is 11.6 Å². The molecule has 3 heterocycles. The highest BCUT2D eigenvalue weighted by Gasteiger charge is 2.24. The van der Waals surface area contributed by atoms with Gasteiger partial charge in [0, 0.05) is 41.0 Å². The van der Waals surface area contributed by atoms with E-state index in [-0.39, 0.29) is 5.91 Å². The zero-order chi connectivity index (χ0) is 16.8. The lowest BCUT2D eigenvalue weighted by Crippen LogP contribution is -2.26. The average Bonchev–Trinajstić information content (AvgIpc) is 3.12. The maximum atomic E-state index is 12.7. The number of rotatable bonds is 2. The van der Waals surface area contributed by atoms with Crippen molar-refractivity contribution in [1.82, 2.24) is 9.88 Å². The van der Waals surface area contributed by atoms with Gasteiger partial charge in [-0.2, -0.15) is 0 Å².